The normalized spacial score (nSPS) is 24.6. The molecule has 0 bridgehead atoms. The molecule has 3 nitrogen and oxygen atoms in total. The Hall–Kier alpha value is -1.42. The average molecular weight is 236 g/mol. The number of carbonyl (C=O) groups excluding carboxylic acids is 1. The predicted molar refractivity (Wildman–Crippen MR) is 64.1 cm³/mol. The van der Waals surface area contributed by atoms with Crippen molar-refractivity contribution >= 4 is 5.91 Å². The smallest absolute Gasteiger partial charge is 0.234 e. The van der Waals surface area contributed by atoms with Crippen molar-refractivity contribution in [2.75, 3.05) is 6.54 Å². The van der Waals surface area contributed by atoms with E-state index in [4.69, 9.17) is 5.73 Å². The molecular formula is C13H17FN2O. The van der Waals surface area contributed by atoms with Gasteiger partial charge in [0.2, 0.25) is 5.91 Å². The average Bonchev–Trinajstić information content (AvgIpc) is 2.33. The fourth-order valence-corrected chi connectivity index (χ4v) is 2.36. The standard InChI is InChI=1S/C13H17FN2O/c1-8-6-9(2-3-11(8)14)10-4-5-16-12(7-10)13(15)17/h2-3,6,10,12,16H,4-5,7H2,1H3,(H2,15,17). The SMILES string of the molecule is Cc1cc(C2CCNC(C(N)=O)C2)ccc1F. The van der Waals surface area contributed by atoms with Crippen LogP contribution >= 0.6 is 0 Å². The Kier molecular flexibility index (Phi) is 3.43. The van der Waals surface area contributed by atoms with E-state index >= 15 is 0 Å². The summed E-state index contributed by atoms with van der Waals surface area (Å²) in [5.74, 6) is -0.212. The number of benzene rings is 1. The van der Waals surface area contributed by atoms with Gasteiger partial charge in [0.1, 0.15) is 5.82 Å². The first-order valence-corrected chi connectivity index (χ1v) is 5.86. The lowest BCUT2D eigenvalue weighted by molar-refractivity contribution is -0.120. The Morgan fingerprint density at radius 3 is 2.94 bits per heavy atom. The van der Waals surface area contributed by atoms with Crippen molar-refractivity contribution in [3.63, 3.8) is 0 Å². The van der Waals surface area contributed by atoms with E-state index in [0.29, 0.717) is 12.0 Å². The van der Waals surface area contributed by atoms with Gasteiger partial charge in [-0.05, 0) is 49.4 Å². The lowest BCUT2D eigenvalue weighted by Gasteiger charge is -2.28. The zero-order valence-electron chi connectivity index (χ0n) is 9.87. The fraction of sp³-hybridized carbons (Fsp3) is 0.462. The van der Waals surface area contributed by atoms with Gasteiger partial charge in [0.15, 0.2) is 0 Å². The van der Waals surface area contributed by atoms with Crippen LogP contribution in [0.1, 0.15) is 29.9 Å². The van der Waals surface area contributed by atoms with Crippen LogP contribution in [0.15, 0.2) is 18.2 Å². The van der Waals surface area contributed by atoms with Gasteiger partial charge in [-0.3, -0.25) is 4.79 Å². The number of nitrogens with one attached hydrogen (secondary N) is 1. The summed E-state index contributed by atoms with van der Waals surface area (Å²) in [6.45, 7) is 2.53. The topological polar surface area (TPSA) is 55.1 Å². The molecule has 1 heterocycles. The highest BCUT2D eigenvalue weighted by molar-refractivity contribution is 5.80. The van der Waals surface area contributed by atoms with Gasteiger partial charge in [0.25, 0.3) is 0 Å². The molecule has 0 aliphatic carbocycles. The number of carbonyl (C=O) groups is 1. The van der Waals surface area contributed by atoms with Gasteiger partial charge in [-0.25, -0.2) is 4.39 Å². The van der Waals surface area contributed by atoms with E-state index in [1.54, 1.807) is 13.0 Å². The molecule has 0 spiro atoms. The van der Waals surface area contributed by atoms with Crippen molar-refractivity contribution in [1.29, 1.82) is 0 Å². The molecule has 17 heavy (non-hydrogen) atoms. The molecule has 4 heteroatoms. The van der Waals surface area contributed by atoms with Gasteiger partial charge in [0, 0.05) is 0 Å². The van der Waals surface area contributed by atoms with E-state index in [1.165, 1.54) is 6.07 Å². The van der Waals surface area contributed by atoms with Crippen LogP contribution in [-0.4, -0.2) is 18.5 Å². The molecular weight excluding hydrogens is 219 g/mol. The minimum absolute atomic E-state index is 0.186. The van der Waals surface area contributed by atoms with Crippen molar-refractivity contribution in [2.45, 2.75) is 31.7 Å². The van der Waals surface area contributed by atoms with Gasteiger partial charge < -0.3 is 11.1 Å². The van der Waals surface area contributed by atoms with Crippen LogP contribution in [0.4, 0.5) is 4.39 Å². The molecule has 0 aromatic heterocycles. The highest BCUT2D eigenvalue weighted by atomic mass is 19.1. The van der Waals surface area contributed by atoms with Crippen LogP contribution in [0.3, 0.4) is 0 Å². The molecule has 1 aliphatic rings. The monoisotopic (exact) mass is 236 g/mol. The number of piperidine rings is 1. The van der Waals surface area contributed by atoms with Crippen molar-refractivity contribution in [2.24, 2.45) is 5.73 Å². The summed E-state index contributed by atoms with van der Waals surface area (Å²) in [7, 11) is 0. The van der Waals surface area contributed by atoms with Crippen LogP contribution in [0.5, 0.6) is 0 Å². The van der Waals surface area contributed by atoms with Crippen LogP contribution in [-0.2, 0) is 4.79 Å². The zero-order chi connectivity index (χ0) is 12.4. The van der Waals surface area contributed by atoms with Crippen molar-refractivity contribution in [3.8, 4) is 0 Å². The zero-order valence-corrected chi connectivity index (χ0v) is 9.87. The Morgan fingerprint density at radius 2 is 2.29 bits per heavy atom. The molecule has 1 aliphatic heterocycles. The van der Waals surface area contributed by atoms with Gasteiger partial charge in [-0.1, -0.05) is 12.1 Å². The maximum Gasteiger partial charge on any atom is 0.234 e. The predicted octanol–water partition coefficient (Wildman–Crippen LogP) is 1.46. The Labute approximate surface area is 100 Å². The summed E-state index contributed by atoms with van der Waals surface area (Å²) >= 11 is 0. The molecule has 92 valence electrons. The quantitative estimate of drug-likeness (QED) is 0.816. The second kappa shape index (κ2) is 4.84. The molecule has 3 N–H and O–H groups in total. The molecule has 1 aromatic carbocycles. The van der Waals surface area contributed by atoms with Crippen LogP contribution in [0.2, 0.25) is 0 Å². The highest BCUT2D eigenvalue weighted by Crippen LogP contribution is 2.28. The molecule has 2 atom stereocenters. The van der Waals surface area contributed by atoms with E-state index in [1.807, 2.05) is 6.07 Å². The van der Waals surface area contributed by atoms with E-state index in [-0.39, 0.29) is 23.7 Å². The van der Waals surface area contributed by atoms with E-state index in [2.05, 4.69) is 5.32 Å². The number of amides is 1. The Morgan fingerprint density at radius 1 is 1.53 bits per heavy atom. The second-order valence-electron chi connectivity index (χ2n) is 4.64. The molecule has 1 aromatic rings. The molecule has 0 radical (unpaired) electrons. The summed E-state index contributed by atoms with van der Waals surface area (Å²) < 4.78 is 13.2. The molecule has 2 rings (SSSR count). The van der Waals surface area contributed by atoms with E-state index in [0.717, 1.165) is 18.5 Å². The molecule has 2 unspecified atom stereocenters. The Bertz CT molecular complexity index is 433. The highest BCUT2D eigenvalue weighted by Gasteiger charge is 2.26. The third-order valence-corrected chi connectivity index (χ3v) is 3.40. The maximum atomic E-state index is 13.2. The molecule has 1 amide bonds. The number of hydrogen-bond donors (Lipinski definition) is 2. The molecule has 1 saturated heterocycles. The summed E-state index contributed by atoms with van der Waals surface area (Å²) in [5, 5.41) is 3.10. The lowest BCUT2D eigenvalue weighted by Crippen LogP contribution is -2.46. The van der Waals surface area contributed by atoms with Crippen LogP contribution in [0, 0.1) is 12.7 Å². The number of primary amides is 1. The minimum atomic E-state index is -0.312. The first-order chi connectivity index (χ1) is 8.08. The number of hydrogen-bond acceptors (Lipinski definition) is 2. The summed E-state index contributed by atoms with van der Waals surface area (Å²) in [6.07, 6.45) is 1.65. The van der Waals surface area contributed by atoms with Gasteiger partial charge in [-0.15, -0.1) is 0 Å². The summed E-state index contributed by atoms with van der Waals surface area (Å²) in [6, 6.07) is 4.89. The van der Waals surface area contributed by atoms with E-state index < -0.39 is 0 Å². The van der Waals surface area contributed by atoms with Gasteiger partial charge in [0.05, 0.1) is 6.04 Å². The Balaban J connectivity index is 2.16. The van der Waals surface area contributed by atoms with Crippen molar-refractivity contribution < 1.29 is 9.18 Å². The fourth-order valence-electron chi connectivity index (χ4n) is 2.36. The number of halogens is 1. The van der Waals surface area contributed by atoms with Crippen LogP contribution in [0.25, 0.3) is 0 Å². The van der Waals surface area contributed by atoms with Crippen molar-refractivity contribution in [3.05, 3.63) is 35.1 Å². The largest absolute Gasteiger partial charge is 0.368 e. The third kappa shape index (κ3) is 2.64. The van der Waals surface area contributed by atoms with Crippen molar-refractivity contribution in [1.82, 2.24) is 5.32 Å². The first kappa shape index (κ1) is 12.0. The third-order valence-electron chi connectivity index (χ3n) is 3.40. The second-order valence-corrected chi connectivity index (χ2v) is 4.64. The van der Waals surface area contributed by atoms with Crippen LogP contribution < -0.4 is 11.1 Å². The molecule has 1 fully saturated rings. The summed E-state index contributed by atoms with van der Waals surface area (Å²) in [4.78, 5) is 11.2. The maximum absolute atomic E-state index is 13.2. The van der Waals surface area contributed by atoms with Gasteiger partial charge in [-0.2, -0.15) is 0 Å². The minimum Gasteiger partial charge on any atom is -0.368 e. The number of rotatable bonds is 2. The number of nitrogens with two attached hydrogens (primary N) is 1. The van der Waals surface area contributed by atoms with E-state index in [9.17, 15) is 9.18 Å². The summed E-state index contributed by atoms with van der Waals surface area (Å²) in [5.41, 5.74) is 7.04. The first-order valence-electron chi connectivity index (χ1n) is 5.86. The number of aryl methyl sites for hydroxylation is 1. The lowest BCUT2D eigenvalue weighted by atomic mass is 9.85. The molecule has 0 saturated carbocycles. The van der Waals surface area contributed by atoms with Gasteiger partial charge >= 0.3 is 0 Å².